The lowest BCUT2D eigenvalue weighted by molar-refractivity contribution is 0.384. The van der Waals surface area contributed by atoms with Crippen molar-refractivity contribution in [2.24, 2.45) is 0 Å². The number of nitrogens with one attached hydrogen (secondary N) is 1. The molecule has 3 aromatic rings. The van der Waals surface area contributed by atoms with Crippen molar-refractivity contribution >= 4 is 27.4 Å². The van der Waals surface area contributed by atoms with E-state index in [-0.39, 0.29) is 11.2 Å². The summed E-state index contributed by atoms with van der Waals surface area (Å²) in [5.41, 5.74) is 3.84. The van der Waals surface area contributed by atoms with Crippen molar-refractivity contribution in [3.8, 4) is 22.4 Å². The maximum absolute atomic E-state index is 12.2. The number of hydrogen-bond acceptors (Lipinski definition) is 5. The topological polar surface area (TPSA) is 114 Å². The molecule has 1 aliphatic heterocycles. The number of anilines is 1. The smallest absolute Gasteiger partial charge is 0.213 e. The third-order valence-corrected chi connectivity index (χ3v) is 7.28. The minimum Gasteiger partial charge on any atom is -0.412 e. The molecule has 3 N–H and O–H groups in total. The third kappa shape index (κ3) is 4.34. The van der Waals surface area contributed by atoms with Gasteiger partial charge in [0.15, 0.2) is 5.82 Å². The average Bonchev–Trinajstić information content (AvgIpc) is 3.20. The molecule has 0 spiro atoms. The first-order valence-electron chi connectivity index (χ1n) is 9.47. The normalized spacial score (nSPS) is 15.1. The Bertz CT molecular complexity index is 1080. The molecule has 4 rings (SSSR count). The molecule has 0 radical (unpaired) electrons. The Morgan fingerprint density at radius 3 is 2.23 bits per heavy atom. The molecule has 0 saturated carbocycles. The van der Waals surface area contributed by atoms with Gasteiger partial charge in [-0.3, -0.25) is 10.1 Å². The quantitative estimate of drug-likeness (QED) is 0.642. The van der Waals surface area contributed by atoms with Crippen LogP contribution in [0.3, 0.4) is 0 Å². The number of halogens is 1. The Morgan fingerprint density at radius 1 is 1.00 bits per heavy atom. The Balaban J connectivity index is 0.00000256. The fourth-order valence-electron chi connectivity index (χ4n) is 3.54. The summed E-state index contributed by atoms with van der Waals surface area (Å²) in [6.45, 7) is 3.75. The van der Waals surface area contributed by atoms with E-state index in [9.17, 15) is 8.42 Å². The first-order chi connectivity index (χ1) is 14.0. The number of nitrogens with zero attached hydrogens (tertiary/aromatic N) is 4. The lowest BCUT2D eigenvalue weighted by Gasteiger charge is -2.34. The van der Waals surface area contributed by atoms with Crippen LogP contribution in [-0.4, -0.2) is 65.3 Å². The number of aromatic amines is 1. The molecule has 8 nitrogen and oxygen atoms in total. The second kappa shape index (κ2) is 9.13. The maximum Gasteiger partial charge on any atom is 0.213 e. The fraction of sp³-hybridized carbons (Fsp3) is 0.300. The summed E-state index contributed by atoms with van der Waals surface area (Å²) in [5.74, 6) is 0.938. The van der Waals surface area contributed by atoms with Gasteiger partial charge in [0.05, 0.1) is 17.0 Å². The fourth-order valence-corrected chi connectivity index (χ4v) is 4.75. The van der Waals surface area contributed by atoms with Crippen LogP contribution in [0.1, 0.15) is 6.92 Å². The van der Waals surface area contributed by atoms with Gasteiger partial charge in [-0.1, -0.05) is 23.7 Å². The summed E-state index contributed by atoms with van der Waals surface area (Å²) in [4.78, 5) is 6.26. The summed E-state index contributed by atoms with van der Waals surface area (Å²) in [7, 11) is -3.17. The van der Waals surface area contributed by atoms with Gasteiger partial charge >= 0.3 is 0 Å². The monoisotopic (exact) mass is 449 g/mol. The zero-order chi connectivity index (χ0) is 20.4. The number of H-pyrrole nitrogens is 1. The molecular weight excluding hydrogens is 426 g/mol. The largest absolute Gasteiger partial charge is 0.412 e. The van der Waals surface area contributed by atoms with Crippen LogP contribution in [0.2, 0.25) is 5.02 Å². The van der Waals surface area contributed by atoms with Crippen LogP contribution in [0.25, 0.3) is 22.4 Å². The van der Waals surface area contributed by atoms with Crippen LogP contribution in [0.5, 0.6) is 0 Å². The molecule has 3 heterocycles. The van der Waals surface area contributed by atoms with Crippen LogP contribution in [0.4, 0.5) is 5.82 Å². The zero-order valence-corrected chi connectivity index (χ0v) is 18.1. The van der Waals surface area contributed by atoms with Gasteiger partial charge in [0, 0.05) is 49.2 Å². The molecule has 0 amide bonds. The minimum absolute atomic E-state index is 0. The van der Waals surface area contributed by atoms with E-state index in [0.717, 1.165) is 28.2 Å². The van der Waals surface area contributed by atoms with E-state index < -0.39 is 10.0 Å². The first kappa shape index (κ1) is 22.2. The lowest BCUT2D eigenvalue weighted by Crippen LogP contribution is -2.49. The Morgan fingerprint density at radius 2 is 1.63 bits per heavy atom. The van der Waals surface area contributed by atoms with Gasteiger partial charge < -0.3 is 10.4 Å². The van der Waals surface area contributed by atoms with Crippen molar-refractivity contribution in [3.05, 3.63) is 53.8 Å². The van der Waals surface area contributed by atoms with Crippen molar-refractivity contribution in [1.82, 2.24) is 19.5 Å². The molecule has 0 bridgehead atoms. The molecule has 1 aromatic carbocycles. The lowest BCUT2D eigenvalue weighted by atomic mass is 10.0. The van der Waals surface area contributed by atoms with Crippen LogP contribution in [0, 0.1) is 0 Å². The number of hydrogen-bond donors (Lipinski definition) is 1. The van der Waals surface area contributed by atoms with Crippen LogP contribution >= 0.6 is 11.6 Å². The van der Waals surface area contributed by atoms with Crippen molar-refractivity contribution in [2.75, 3.05) is 36.8 Å². The summed E-state index contributed by atoms with van der Waals surface area (Å²) in [6, 6.07) is 11.5. The van der Waals surface area contributed by atoms with E-state index in [4.69, 9.17) is 11.6 Å². The molecule has 1 saturated heterocycles. The molecule has 0 atom stereocenters. The number of rotatable bonds is 5. The molecule has 160 valence electrons. The highest BCUT2D eigenvalue weighted by Crippen LogP contribution is 2.38. The van der Waals surface area contributed by atoms with Crippen LogP contribution < -0.4 is 4.90 Å². The van der Waals surface area contributed by atoms with Gasteiger partial charge in [-0.25, -0.2) is 8.42 Å². The van der Waals surface area contributed by atoms with Gasteiger partial charge in [-0.15, -0.1) is 0 Å². The van der Waals surface area contributed by atoms with Crippen molar-refractivity contribution in [2.45, 2.75) is 6.92 Å². The predicted molar refractivity (Wildman–Crippen MR) is 119 cm³/mol. The summed E-state index contributed by atoms with van der Waals surface area (Å²) < 4.78 is 25.9. The SMILES string of the molecule is CCS(=O)(=O)N1CCN(c2n[nH]c(-c3ccc(Cl)cc3)c2-c2ccncc2)CC1.O. The van der Waals surface area contributed by atoms with Gasteiger partial charge in [-0.05, 0) is 36.8 Å². The van der Waals surface area contributed by atoms with E-state index in [1.165, 1.54) is 0 Å². The standard InChI is InChI=1S/C20H22ClN5O2S.H2O/c1-2-29(27,28)26-13-11-25(12-14-26)20-18(15-7-9-22-10-8-15)19(23-24-20)16-3-5-17(21)6-4-16;/h3-10H,2,11-14H2,1H3,(H,23,24);1H2. The molecule has 10 heteroatoms. The molecular formula is C20H24ClN5O3S. The van der Waals surface area contributed by atoms with Gasteiger partial charge in [0.1, 0.15) is 0 Å². The number of benzene rings is 1. The van der Waals surface area contributed by atoms with Crippen LogP contribution in [0.15, 0.2) is 48.8 Å². The molecule has 2 aromatic heterocycles. The zero-order valence-electron chi connectivity index (χ0n) is 16.5. The van der Waals surface area contributed by atoms with E-state index in [2.05, 4.69) is 20.1 Å². The highest BCUT2D eigenvalue weighted by molar-refractivity contribution is 7.89. The highest BCUT2D eigenvalue weighted by Gasteiger charge is 2.29. The highest BCUT2D eigenvalue weighted by atomic mass is 35.5. The second-order valence-corrected chi connectivity index (χ2v) is 9.52. The first-order valence-corrected chi connectivity index (χ1v) is 11.5. The minimum atomic E-state index is -3.17. The van der Waals surface area contributed by atoms with E-state index in [1.807, 2.05) is 36.4 Å². The molecule has 1 aliphatic rings. The van der Waals surface area contributed by atoms with E-state index in [1.54, 1.807) is 23.6 Å². The molecule has 0 unspecified atom stereocenters. The third-order valence-electron chi connectivity index (χ3n) is 5.15. The Labute approximate surface area is 180 Å². The maximum atomic E-state index is 12.2. The summed E-state index contributed by atoms with van der Waals surface area (Å²) >= 11 is 6.05. The molecule has 1 fully saturated rings. The number of pyridine rings is 1. The second-order valence-electron chi connectivity index (χ2n) is 6.83. The van der Waals surface area contributed by atoms with Crippen molar-refractivity contribution < 1.29 is 13.9 Å². The van der Waals surface area contributed by atoms with Crippen LogP contribution in [-0.2, 0) is 10.0 Å². The van der Waals surface area contributed by atoms with Gasteiger partial charge in [-0.2, -0.15) is 9.40 Å². The van der Waals surface area contributed by atoms with Crippen molar-refractivity contribution in [1.29, 1.82) is 0 Å². The number of aromatic nitrogens is 3. The Hall–Kier alpha value is -2.46. The van der Waals surface area contributed by atoms with E-state index in [0.29, 0.717) is 31.2 Å². The van der Waals surface area contributed by atoms with E-state index >= 15 is 0 Å². The van der Waals surface area contributed by atoms with Crippen molar-refractivity contribution in [3.63, 3.8) is 0 Å². The molecule has 0 aliphatic carbocycles. The number of sulfonamides is 1. The summed E-state index contributed by atoms with van der Waals surface area (Å²) in [5, 5.41) is 8.45. The summed E-state index contributed by atoms with van der Waals surface area (Å²) in [6.07, 6.45) is 3.51. The Kier molecular flexibility index (Phi) is 6.77. The predicted octanol–water partition coefficient (Wildman–Crippen LogP) is 2.44. The van der Waals surface area contributed by atoms with Gasteiger partial charge in [0.25, 0.3) is 0 Å². The molecule has 30 heavy (non-hydrogen) atoms. The average molecular weight is 450 g/mol. The number of piperazine rings is 1. The van der Waals surface area contributed by atoms with Gasteiger partial charge in [0.2, 0.25) is 10.0 Å².